The van der Waals surface area contributed by atoms with Gasteiger partial charge in [-0.2, -0.15) is 0 Å². The number of nitrogens with zero attached hydrogens (tertiary/aromatic N) is 1. The first-order chi connectivity index (χ1) is 10.7. The first kappa shape index (κ1) is 18.8. The zero-order valence-corrected chi connectivity index (χ0v) is 12.3. The maximum Gasteiger partial charge on any atom is 0.333 e. The maximum atomic E-state index is 14.3. The Morgan fingerprint density at radius 3 is 2.57 bits per heavy atom. The highest BCUT2D eigenvalue weighted by Crippen LogP contribution is 2.29. The van der Waals surface area contributed by atoms with E-state index >= 15 is 0 Å². The number of nitrogens with two attached hydrogens (primary N) is 2. The second kappa shape index (κ2) is 7.85. The fraction of sp³-hybridized carbons (Fsp3) is 0.583. The maximum absolute atomic E-state index is 14.3. The Kier molecular flexibility index (Phi) is 6.42. The molecule has 10 nitrogen and oxygen atoms in total. The van der Waals surface area contributed by atoms with Gasteiger partial charge in [0.1, 0.15) is 12.2 Å². The van der Waals surface area contributed by atoms with Crippen LogP contribution >= 0.6 is 0 Å². The molecule has 0 fully saturated rings. The van der Waals surface area contributed by atoms with Crippen LogP contribution in [0.2, 0.25) is 0 Å². The Labute approximate surface area is 130 Å². The van der Waals surface area contributed by atoms with Crippen molar-refractivity contribution in [3.63, 3.8) is 0 Å². The van der Waals surface area contributed by atoms with Gasteiger partial charge in [-0.15, -0.1) is 0 Å². The van der Waals surface area contributed by atoms with Gasteiger partial charge in [0.05, 0.1) is 18.0 Å². The van der Waals surface area contributed by atoms with Crippen molar-refractivity contribution in [3.8, 4) is 0 Å². The average Bonchev–Trinajstić information content (AvgIpc) is 2.45. The second-order valence-corrected chi connectivity index (χ2v) is 4.86. The van der Waals surface area contributed by atoms with Crippen LogP contribution in [0.1, 0.15) is 13.3 Å². The number of amides is 1. The number of guanidine groups is 1. The number of hydrogen-bond acceptors (Lipinski definition) is 6. The molecule has 3 unspecified atom stereocenters. The molecule has 4 atom stereocenters. The minimum atomic E-state index is -2.21. The number of carboxylic acid groups (broad SMARTS) is 1. The van der Waals surface area contributed by atoms with E-state index in [-0.39, 0.29) is 17.8 Å². The SMILES string of the molecule is CC(=O)NC1=C(N=C(N)N)CC(C(=O)O)OC1C(F)[C@@H](O)CO. The predicted octanol–water partition coefficient (Wildman–Crippen LogP) is -2.46. The largest absolute Gasteiger partial charge is 0.479 e. The molecule has 0 spiro atoms. The molecule has 0 radical (unpaired) electrons. The van der Waals surface area contributed by atoms with E-state index in [1.165, 1.54) is 0 Å². The van der Waals surface area contributed by atoms with Gasteiger partial charge in [0, 0.05) is 13.3 Å². The normalized spacial score (nSPS) is 23.8. The molecule has 0 saturated carbocycles. The first-order valence-corrected chi connectivity index (χ1v) is 6.58. The van der Waals surface area contributed by atoms with Crippen LogP contribution in [0.4, 0.5) is 4.39 Å². The third-order valence-corrected chi connectivity index (χ3v) is 2.98. The van der Waals surface area contributed by atoms with Gasteiger partial charge in [0.25, 0.3) is 0 Å². The first-order valence-electron chi connectivity index (χ1n) is 6.58. The Balaban J connectivity index is 3.36. The van der Waals surface area contributed by atoms with Gasteiger partial charge in [0.2, 0.25) is 5.91 Å². The number of carboxylic acids is 1. The fourth-order valence-corrected chi connectivity index (χ4v) is 2.02. The summed E-state index contributed by atoms with van der Waals surface area (Å²) >= 11 is 0. The summed E-state index contributed by atoms with van der Waals surface area (Å²) in [7, 11) is 0. The highest BCUT2D eigenvalue weighted by molar-refractivity contribution is 5.79. The summed E-state index contributed by atoms with van der Waals surface area (Å²) in [6, 6.07) is 0. The molecule has 0 aliphatic carbocycles. The number of hydrogen-bond donors (Lipinski definition) is 6. The van der Waals surface area contributed by atoms with Crippen molar-refractivity contribution in [1.82, 2.24) is 5.32 Å². The Morgan fingerprint density at radius 1 is 1.52 bits per heavy atom. The third kappa shape index (κ3) is 4.87. The van der Waals surface area contributed by atoms with Crippen LogP contribution in [-0.2, 0) is 14.3 Å². The molecule has 0 aromatic rings. The van der Waals surface area contributed by atoms with Crippen LogP contribution in [0.3, 0.4) is 0 Å². The molecule has 23 heavy (non-hydrogen) atoms. The standard InChI is InChI=1S/C12H19FN4O6/c1-4(19)16-9-5(17-12(14)15)2-7(11(21)22)23-10(9)8(13)6(20)3-18/h6-8,10,18,20H,2-3H2,1H3,(H,16,19)(H,21,22)(H4,14,15,17)/t6-,7?,8?,10?/m0/s1. The zero-order valence-electron chi connectivity index (χ0n) is 12.3. The predicted molar refractivity (Wildman–Crippen MR) is 75.6 cm³/mol. The van der Waals surface area contributed by atoms with Gasteiger partial charge >= 0.3 is 5.97 Å². The number of carbonyl (C=O) groups is 2. The number of aliphatic hydroxyl groups is 2. The summed E-state index contributed by atoms with van der Waals surface area (Å²) in [6.07, 6.45) is -7.54. The molecule has 0 saturated heterocycles. The molecule has 0 aromatic carbocycles. The lowest BCUT2D eigenvalue weighted by atomic mass is 9.98. The summed E-state index contributed by atoms with van der Waals surface area (Å²) < 4.78 is 19.4. The minimum Gasteiger partial charge on any atom is -0.479 e. The number of aliphatic imine (C=N–C) groups is 1. The molecule has 130 valence electrons. The van der Waals surface area contributed by atoms with E-state index in [9.17, 15) is 19.1 Å². The molecule has 1 rings (SSSR count). The number of alkyl halides is 1. The van der Waals surface area contributed by atoms with Crippen molar-refractivity contribution in [3.05, 3.63) is 11.4 Å². The number of rotatable bonds is 6. The van der Waals surface area contributed by atoms with Gasteiger partial charge in [-0.05, 0) is 0 Å². The van der Waals surface area contributed by atoms with E-state index in [1.807, 2.05) is 0 Å². The van der Waals surface area contributed by atoms with Crippen LogP contribution in [0.25, 0.3) is 0 Å². The lowest BCUT2D eigenvalue weighted by Crippen LogP contribution is -2.49. The molecule has 1 aliphatic heterocycles. The quantitative estimate of drug-likeness (QED) is 0.228. The monoisotopic (exact) mass is 334 g/mol. The molecule has 8 N–H and O–H groups in total. The van der Waals surface area contributed by atoms with E-state index in [0.29, 0.717) is 0 Å². The minimum absolute atomic E-state index is 0.0864. The van der Waals surface area contributed by atoms with E-state index < -0.39 is 48.9 Å². The fourth-order valence-electron chi connectivity index (χ4n) is 2.02. The van der Waals surface area contributed by atoms with Crippen LogP contribution in [0.15, 0.2) is 16.4 Å². The van der Waals surface area contributed by atoms with Crippen molar-refractivity contribution in [1.29, 1.82) is 0 Å². The summed E-state index contributed by atoms with van der Waals surface area (Å²) in [5.74, 6) is -2.42. The number of nitrogens with one attached hydrogen (secondary N) is 1. The lowest BCUT2D eigenvalue weighted by Gasteiger charge is -2.34. The molecular formula is C12H19FN4O6. The van der Waals surface area contributed by atoms with Crippen molar-refractivity contribution in [2.75, 3.05) is 6.61 Å². The van der Waals surface area contributed by atoms with Crippen LogP contribution < -0.4 is 16.8 Å². The van der Waals surface area contributed by atoms with Crippen molar-refractivity contribution in [2.24, 2.45) is 16.5 Å². The summed E-state index contributed by atoms with van der Waals surface area (Å²) in [5.41, 5.74) is 10.2. The van der Waals surface area contributed by atoms with E-state index in [0.717, 1.165) is 6.92 Å². The molecule has 0 aromatic heterocycles. The Morgan fingerprint density at radius 2 is 2.13 bits per heavy atom. The lowest BCUT2D eigenvalue weighted by molar-refractivity contribution is -0.160. The van der Waals surface area contributed by atoms with Crippen LogP contribution in [0, 0.1) is 0 Å². The van der Waals surface area contributed by atoms with E-state index in [1.54, 1.807) is 0 Å². The zero-order chi connectivity index (χ0) is 17.7. The van der Waals surface area contributed by atoms with Gasteiger partial charge in [-0.25, -0.2) is 14.2 Å². The Bertz CT molecular complexity index is 534. The van der Waals surface area contributed by atoms with Gasteiger partial charge in [0.15, 0.2) is 18.2 Å². The molecular weight excluding hydrogens is 315 g/mol. The second-order valence-electron chi connectivity index (χ2n) is 4.86. The summed E-state index contributed by atoms with van der Waals surface area (Å²) in [5, 5.41) is 29.7. The summed E-state index contributed by atoms with van der Waals surface area (Å²) in [4.78, 5) is 26.2. The molecule has 1 heterocycles. The molecule has 0 bridgehead atoms. The van der Waals surface area contributed by atoms with Crippen LogP contribution in [0.5, 0.6) is 0 Å². The topological polar surface area (TPSA) is 180 Å². The van der Waals surface area contributed by atoms with E-state index in [2.05, 4.69) is 10.3 Å². The van der Waals surface area contributed by atoms with Gasteiger partial charge in [-0.3, -0.25) is 4.79 Å². The van der Waals surface area contributed by atoms with Crippen molar-refractivity contribution >= 4 is 17.8 Å². The molecule has 11 heteroatoms. The number of aliphatic carboxylic acids is 1. The van der Waals surface area contributed by atoms with Crippen molar-refractivity contribution < 1.29 is 34.0 Å². The van der Waals surface area contributed by atoms with Crippen molar-refractivity contribution in [2.45, 2.75) is 37.8 Å². The highest BCUT2D eigenvalue weighted by Gasteiger charge is 2.41. The van der Waals surface area contributed by atoms with Crippen LogP contribution in [-0.4, -0.2) is 64.2 Å². The van der Waals surface area contributed by atoms with E-state index in [4.69, 9.17) is 26.4 Å². The number of halogens is 1. The third-order valence-electron chi connectivity index (χ3n) is 2.98. The number of carbonyl (C=O) groups excluding carboxylic acids is 1. The van der Waals surface area contributed by atoms with Gasteiger partial charge < -0.3 is 36.8 Å². The molecule has 1 aliphatic rings. The Hall–Kier alpha value is -2.24. The number of ether oxygens (including phenoxy) is 1. The average molecular weight is 334 g/mol. The smallest absolute Gasteiger partial charge is 0.333 e. The number of aliphatic hydroxyl groups excluding tert-OH is 2. The summed E-state index contributed by atoms with van der Waals surface area (Å²) in [6.45, 7) is 0.208. The highest BCUT2D eigenvalue weighted by atomic mass is 19.1. The van der Waals surface area contributed by atoms with Gasteiger partial charge in [-0.1, -0.05) is 0 Å². The molecule has 1 amide bonds.